The van der Waals surface area contributed by atoms with Crippen LogP contribution in [0.3, 0.4) is 0 Å². The predicted octanol–water partition coefficient (Wildman–Crippen LogP) is 4.80. The van der Waals surface area contributed by atoms with Gasteiger partial charge in [-0.2, -0.15) is 31.6 Å². The van der Waals surface area contributed by atoms with E-state index in [0.717, 1.165) is 43.5 Å². The standard InChI is InChI=1S/C16H17F6N3O.C8H12N2O.C2H6/c1-8(23)6-24-7-12-5-13(24)14(26)25(12)11-3-9(15(17,18)19)2-10(4-11)16(20,21)22;9-6-8-4-2-1-3-5-10(8)7-11;1-2/h2-4,8,12-13H,5-7,23H2,1H3;7-8H,1-5H2;1-2H3/t8-,12?,13+;;/m1../s1. The summed E-state index contributed by atoms with van der Waals surface area (Å²) in [6, 6.07) is 2.01. The van der Waals surface area contributed by atoms with Gasteiger partial charge in [-0.15, -0.1) is 0 Å². The topological polar surface area (TPSA) is 93.7 Å². The third kappa shape index (κ3) is 8.08. The molecule has 0 aromatic heterocycles. The lowest BCUT2D eigenvalue weighted by Crippen LogP contribution is -2.52. The first kappa shape index (κ1) is 32.4. The molecule has 39 heavy (non-hydrogen) atoms. The van der Waals surface area contributed by atoms with Crippen LogP contribution in [0.1, 0.15) is 64.0 Å². The molecule has 2 bridgehead atoms. The fourth-order valence-electron chi connectivity index (χ4n) is 5.05. The van der Waals surface area contributed by atoms with E-state index >= 15 is 0 Å². The Hall–Kier alpha value is -2.85. The zero-order valence-electron chi connectivity index (χ0n) is 22.2. The van der Waals surface area contributed by atoms with Crippen LogP contribution in [0, 0.1) is 11.3 Å². The molecule has 218 valence electrons. The SMILES string of the molecule is CC.C[C@@H](N)CN1CC2C[C@H]1C(=O)N2c1cc(C(F)(F)F)cc(C(F)(F)F)c1.N#CC1CCCCCN1C=O. The molecule has 1 aromatic carbocycles. The van der Waals surface area contributed by atoms with E-state index in [4.69, 9.17) is 11.0 Å². The van der Waals surface area contributed by atoms with Crippen LogP contribution in [0.15, 0.2) is 18.2 Å². The molecule has 7 nitrogen and oxygen atoms in total. The number of amides is 2. The number of alkyl halides is 6. The monoisotopic (exact) mass is 563 g/mol. The predicted molar refractivity (Wildman–Crippen MR) is 133 cm³/mol. The summed E-state index contributed by atoms with van der Waals surface area (Å²) in [6.07, 6.45) is -4.64. The number of carbonyl (C=O) groups is 2. The Morgan fingerprint density at radius 1 is 1.08 bits per heavy atom. The van der Waals surface area contributed by atoms with Gasteiger partial charge in [0.2, 0.25) is 12.3 Å². The summed E-state index contributed by atoms with van der Waals surface area (Å²) in [5, 5.41) is 8.67. The summed E-state index contributed by atoms with van der Waals surface area (Å²) in [6.45, 7) is 7.32. The molecule has 3 aliphatic heterocycles. The second-order valence-corrected chi connectivity index (χ2v) is 9.65. The third-order valence-electron chi connectivity index (χ3n) is 6.72. The summed E-state index contributed by atoms with van der Waals surface area (Å²) >= 11 is 0. The highest BCUT2D eigenvalue weighted by Crippen LogP contribution is 2.42. The number of hydrogen-bond donors (Lipinski definition) is 1. The second kappa shape index (κ2) is 13.5. The molecule has 2 unspecified atom stereocenters. The molecule has 4 rings (SSSR count). The number of nitriles is 1. The van der Waals surface area contributed by atoms with E-state index in [1.807, 2.05) is 18.7 Å². The van der Waals surface area contributed by atoms with Crippen molar-refractivity contribution in [1.82, 2.24) is 9.80 Å². The van der Waals surface area contributed by atoms with Crippen LogP contribution in [0.25, 0.3) is 0 Å². The molecule has 4 atom stereocenters. The van der Waals surface area contributed by atoms with Gasteiger partial charge in [0.1, 0.15) is 6.04 Å². The summed E-state index contributed by atoms with van der Waals surface area (Å²) in [5.74, 6) is -0.491. The molecule has 1 aromatic rings. The number of benzene rings is 1. The molecule has 0 saturated carbocycles. The maximum absolute atomic E-state index is 13.0. The number of likely N-dealkylation sites (tertiary alicyclic amines) is 2. The van der Waals surface area contributed by atoms with Crippen molar-refractivity contribution >= 4 is 18.0 Å². The van der Waals surface area contributed by atoms with Gasteiger partial charge in [0.25, 0.3) is 0 Å². The van der Waals surface area contributed by atoms with Crippen molar-refractivity contribution in [3.63, 3.8) is 0 Å². The number of nitrogens with zero attached hydrogens (tertiary/aromatic N) is 4. The molecule has 3 saturated heterocycles. The Balaban J connectivity index is 0.000000343. The normalized spacial score (nSPS) is 24.1. The maximum Gasteiger partial charge on any atom is 0.416 e. The highest BCUT2D eigenvalue weighted by atomic mass is 19.4. The quantitative estimate of drug-likeness (QED) is 0.420. The first-order valence-electron chi connectivity index (χ1n) is 13.0. The van der Waals surface area contributed by atoms with Crippen LogP contribution in [0.5, 0.6) is 0 Å². The minimum atomic E-state index is -4.95. The van der Waals surface area contributed by atoms with Gasteiger partial charge in [-0.3, -0.25) is 14.5 Å². The largest absolute Gasteiger partial charge is 0.416 e. The van der Waals surface area contributed by atoms with E-state index in [-0.39, 0.29) is 23.8 Å². The number of hydrogen-bond acceptors (Lipinski definition) is 5. The number of carbonyl (C=O) groups excluding carboxylic acids is 2. The lowest BCUT2D eigenvalue weighted by atomic mass is 10.1. The van der Waals surface area contributed by atoms with Crippen molar-refractivity contribution in [2.24, 2.45) is 5.73 Å². The summed E-state index contributed by atoms with van der Waals surface area (Å²) in [4.78, 5) is 27.5. The lowest BCUT2D eigenvalue weighted by molar-refractivity contribution is -0.143. The Kier molecular flexibility index (Phi) is 11.2. The van der Waals surface area contributed by atoms with E-state index < -0.39 is 41.5 Å². The average molecular weight is 564 g/mol. The highest BCUT2D eigenvalue weighted by molar-refractivity contribution is 6.01. The lowest BCUT2D eigenvalue weighted by Gasteiger charge is -2.35. The molecule has 3 fully saturated rings. The molecule has 2 N–H and O–H groups in total. The van der Waals surface area contributed by atoms with Crippen LogP contribution in [0.2, 0.25) is 0 Å². The molecule has 13 heteroatoms. The van der Waals surface area contributed by atoms with Gasteiger partial charge in [-0.25, -0.2) is 0 Å². The first-order valence-corrected chi connectivity index (χ1v) is 13.0. The molecule has 0 spiro atoms. The molecule has 2 amide bonds. The van der Waals surface area contributed by atoms with Crippen molar-refractivity contribution in [3.8, 4) is 6.07 Å². The molecule has 0 radical (unpaired) electrons. The van der Waals surface area contributed by atoms with Crippen LogP contribution in [-0.2, 0) is 21.9 Å². The summed E-state index contributed by atoms with van der Waals surface area (Å²) in [7, 11) is 0. The van der Waals surface area contributed by atoms with Gasteiger partial charge in [0, 0.05) is 31.4 Å². The number of nitrogens with two attached hydrogens (primary N) is 1. The van der Waals surface area contributed by atoms with E-state index in [0.29, 0.717) is 31.6 Å². The van der Waals surface area contributed by atoms with E-state index in [2.05, 4.69) is 6.07 Å². The minimum absolute atomic E-state index is 0.0602. The minimum Gasteiger partial charge on any atom is -0.329 e. The summed E-state index contributed by atoms with van der Waals surface area (Å²) in [5.41, 5.74) is 2.49. The van der Waals surface area contributed by atoms with Gasteiger partial charge in [-0.05, 0) is 44.4 Å². The molecule has 0 aliphatic carbocycles. The van der Waals surface area contributed by atoms with Crippen molar-refractivity contribution in [3.05, 3.63) is 29.3 Å². The van der Waals surface area contributed by atoms with E-state index in [1.165, 1.54) is 0 Å². The zero-order valence-corrected chi connectivity index (χ0v) is 22.2. The Morgan fingerprint density at radius 2 is 1.67 bits per heavy atom. The van der Waals surface area contributed by atoms with Crippen molar-refractivity contribution in [1.29, 1.82) is 5.26 Å². The van der Waals surface area contributed by atoms with E-state index in [1.54, 1.807) is 11.8 Å². The van der Waals surface area contributed by atoms with Crippen molar-refractivity contribution in [2.45, 2.75) is 89.4 Å². The van der Waals surface area contributed by atoms with Crippen LogP contribution in [-0.4, -0.2) is 65.9 Å². The third-order valence-corrected chi connectivity index (χ3v) is 6.72. The zero-order chi connectivity index (χ0) is 29.5. The molecular formula is C26H35F6N5O2. The van der Waals surface area contributed by atoms with Crippen LogP contribution in [0.4, 0.5) is 32.0 Å². The smallest absolute Gasteiger partial charge is 0.329 e. The fraction of sp³-hybridized carbons (Fsp3) is 0.654. The van der Waals surface area contributed by atoms with E-state index in [9.17, 15) is 35.9 Å². The number of halogens is 6. The first-order chi connectivity index (χ1) is 18.3. The molecular weight excluding hydrogens is 528 g/mol. The average Bonchev–Trinajstić information content (AvgIpc) is 3.31. The Morgan fingerprint density at radius 3 is 2.13 bits per heavy atom. The highest BCUT2D eigenvalue weighted by Gasteiger charge is 2.50. The van der Waals surface area contributed by atoms with Gasteiger partial charge in [-0.1, -0.05) is 26.7 Å². The molecule has 3 heterocycles. The van der Waals surface area contributed by atoms with Crippen molar-refractivity contribution < 1.29 is 35.9 Å². The number of piperazine rings is 1. The van der Waals surface area contributed by atoms with Crippen LogP contribution >= 0.6 is 0 Å². The Bertz CT molecular complexity index is 991. The van der Waals surface area contributed by atoms with Crippen LogP contribution < -0.4 is 10.6 Å². The number of anilines is 1. The second-order valence-electron chi connectivity index (χ2n) is 9.65. The fourth-order valence-corrected chi connectivity index (χ4v) is 5.05. The van der Waals surface area contributed by atoms with Crippen molar-refractivity contribution in [2.75, 3.05) is 24.5 Å². The van der Waals surface area contributed by atoms with Gasteiger partial charge < -0.3 is 15.5 Å². The van der Waals surface area contributed by atoms with Gasteiger partial charge in [0.15, 0.2) is 0 Å². The number of rotatable bonds is 4. The Labute approximate surface area is 224 Å². The van der Waals surface area contributed by atoms with Gasteiger partial charge in [0.05, 0.1) is 29.3 Å². The maximum atomic E-state index is 13.0. The van der Waals surface area contributed by atoms with Gasteiger partial charge >= 0.3 is 12.4 Å². The molecule has 3 aliphatic rings. The number of fused-ring (bicyclic) bond motifs is 2. The summed E-state index contributed by atoms with van der Waals surface area (Å²) < 4.78 is 78.1.